The zero-order valence-electron chi connectivity index (χ0n) is 12.2. The molecule has 0 saturated carbocycles. The van der Waals surface area contributed by atoms with Crippen molar-refractivity contribution in [3.05, 3.63) is 0 Å². The second-order valence-electron chi connectivity index (χ2n) is 6.31. The first kappa shape index (κ1) is 15.3. The van der Waals surface area contributed by atoms with E-state index in [2.05, 4.69) is 10.6 Å². The van der Waals surface area contributed by atoms with Gasteiger partial charge in [-0.25, -0.2) is 0 Å². The fourth-order valence-electron chi connectivity index (χ4n) is 3.57. The molecule has 0 aliphatic carbocycles. The second kappa shape index (κ2) is 7.07. The molecule has 2 rings (SSSR count). The fourth-order valence-corrected chi connectivity index (χ4v) is 3.57. The maximum Gasteiger partial charge on any atom is 0.308 e. The third-order valence-electron chi connectivity index (χ3n) is 4.58. The summed E-state index contributed by atoms with van der Waals surface area (Å²) in [6.45, 7) is 2.22. The van der Waals surface area contributed by atoms with Crippen LogP contribution in [-0.4, -0.2) is 35.6 Å². The van der Waals surface area contributed by atoms with Crippen LogP contribution in [0.15, 0.2) is 0 Å². The van der Waals surface area contributed by atoms with Crippen molar-refractivity contribution in [3.8, 4) is 0 Å². The van der Waals surface area contributed by atoms with Gasteiger partial charge in [0.25, 0.3) is 0 Å². The minimum atomic E-state index is -0.813. The highest BCUT2D eigenvalue weighted by Gasteiger charge is 2.34. The molecule has 3 atom stereocenters. The van der Waals surface area contributed by atoms with Gasteiger partial charge in [-0.15, -0.1) is 0 Å². The molecule has 20 heavy (non-hydrogen) atoms. The van der Waals surface area contributed by atoms with E-state index in [1.54, 1.807) is 0 Å². The molecule has 0 spiro atoms. The molecule has 2 aliphatic heterocycles. The van der Waals surface area contributed by atoms with E-state index < -0.39 is 11.9 Å². The number of carbonyl (C=O) groups excluding carboxylic acids is 1. The number of hydrogen-bond acceptors (Lipinski definition) is 3. The fraction of sp³-hybridized carbons (Fsp3) is 0.867. The minimum Gasteiger partial charge on any atom is -0.481 e. The molecule has 5 heteroatoms. The Morgan fingerprint density at radius 3 is 2.50 bits per heavy atom. The number of carboxylic acids is 1. The van der Waals surface area contributed by atoms with Crippen LogP contribution in [-0.2, 0) is 9.59 Å². The molecule has 0 radical (unpaired) electrons. The van der Waals surface area contributed by atoms with E-state index in [9.17, 15) is 9.59 Å². The highest BCUT2D eigenvalue weighted by molar-refractivity contribution is 5.77. The van der Waals surface area contributed by atoms with Crippen LogP contribution in [0.2, 0.25) is 0 Å². The number of amides is 1. The van der Waals surface area contributed by atoms with Gasteiger partial charge >= 0.3 is 5.97 Å². The molecule has 0 aromatic rings. The number of carboxylic acid groups (broad SMARTS) is 1. The van der Waals surface area contributed by atoms with Crippen LogP contribution in [0.3, 0.4) is 0 Å². The van der Waals surface area contributed by atoms with E-state index >= 15 is 0 Å². The first-order valence-electron chi connectivity index (χ1n) is 7.84. The number of nitrogens with one attached hydrogen (secondary N) is 2. The Morgan fingerprint density at radius 1 is 1.30 bits per heavy atom. The second-order valence-corrected chi connectivity index (χ2v) is 6.31. The van der Waals surface area contributed by atoms with E-state index in [1.807, 2.05) is 6.92 Å². The van der Waals surface area contributed by atoms with Crippen molar-refractivity contribution in [2.45, 2.75) is 64.0 Å². The molecule has 0 aromatic carbocycles. The maximum atomic E-state index is 12.0. The average molecular weight is 282 g/mol. The number of carbonyl (C=O) groups is 2. The van der Waals surface area contributed by atoms with Crippen molar-refractivity contribution in [1.29, 1.82) is 0 Å². The van der Waals surface area contributed by atoms with Crippen molar-refractivity contribution in [2.75, 3.05) is 6.54 Å². The van der Waals surface area contributed by atoms with Gasteiger partial charge in [0.05, 0.1) is 5.92 Å². The predicted molar refractivity (Wildman–Crippen MR) is 76.3 cm³/mol. The largest absolute Gasteiger partial charge is 0.481 e. The standard InChI is InChI=1S/C15H26N2O3/c1-2-3-11(15(19)20)9-16-14(18)8-10-6-12-4-5-13(7-10)17-12/h10-13,17H,2-9H2,1H3,(H,16,18)(H,19,20). The van der Waals surface area contributed by atoms with Crippen LogP contribution >= 0.6 is 0 Å². The molecule has 1 amide bonds. The lowest BCUT2D eigenvalue weighted by Crippen LogP contribution is -2.40. The summed E-state index contributed by atoms with van der Waals surface area (Å²) in [5, 5.41) is 15.4. The van der Waals surface area contributed by atoms with Gasteiger partial charge in [-0.3, -0.25) is 9.59 Å². The summed E-state index contributed by atoms with van der Waals surface area (Å²) < 4.78 is 0. The van der Waals surface area contributed by atoms with Gasteiger partial charge in [-0.2, -0.15) is 0 Å². The summed E-state index contributed by atoms with van der Waals surface area (Å²) in [5.41, 5.74) is 0. The molecule has 2 aliphatic rings. The van der Waals surface area contributed by atoms with Gasteiger partial charge < -0.3 is 15.7 Å². The van der Waals surface area contributed by atoms with Gasteiger partial charge in [0.15, 0.2) is 0 Å². The van der Waals surface area contributed by atoms with E-state index in [4.69, 9.17) is 5.11 Å². The maximum absolute atomic E-state index is 12.0. The van der Waals surface area contributed by atoms with Crippen LogP contribution in [0.5, 0.6) is 0 Å². The molecule has 2 saturated heterocycles. The summed E-state index contributed by atoms with van der Waals surface area (Å²) in [4.78, 5) is 23.0. The molecule has 3 N–H and O–H groups in total. The Morgan fingerprint density at radius 2 is 1.95 bits per heavy atom. The van der Waals surface area contributed by atoms with Gasteiger partial charge in [0.1, 0.15) is 0 Å². The van der Waals surface area contributed by atoms with Gasteiger partial charge in [0.2, 0.25) is 5.91 Å². The summed E-state index contributed by atoms with van der Waals surface area (Å²) in [6, 6.07) is 1.19. The predicted octanol–water partition coefficient (Wildman–Crippen LogP) is 1.52. The Balaban J connectivity index is 1.71. The van der Waals surface area contributed by atoms with E-state index in [0.29, 0.717) is 30.8 Å². The highest BCUT2D eigenvalue weighted by Crippen LogP contribution is 2.32. The van der Waals surface area contributed by atoms with E-state index in [0.717, 1.165) is 19.3 Å². The van der Waals surface area contributed by atoms with Gasteiger partial charge in [0, 0.05) is 25.0 Å². The monoisotopic (exact) mass is 282 g/mol. The summed E-state index contributed by atoms with van der Waals surface area (Å²) >= 11 is 0. The van der Waals surface area contributed by atoms with Crippen LogP contribution in [0, 0.1) is 11.8 Å². The van der Waals surface area contributed by atoms with Crippen LogP contribution in [0.4, 0.5) is 0 Å². The Kier molecular flexibility index (Phi) is 5.40. The smallest absolute Gasteiger partial charge is 0.308 e. The number of hydrogen-bond donors (Lipinski definition) is 3. The zero-order valence-corrected chi connectivity index (χ0v) is 12.2. The molecule has 2 fully saturated rings. The Hall–Kier alpha value is -1.10. The van der Waals surface area contributed by atoms with Crippen LogP contribution in [0.1, 0.15) is 51.9 Å². The minimum absolute atomic E-state index is 0.0126. The molecular weight excluding hydrogens is 256 g/mol. The van der Waals surface area contributed by atoms with Crippen molar-refractivity contribution in [3.63, 3.8) is 0 Å². The first-order chi connectivity index (χ1) is 9.58. The molecule has 2 bridgehead atoms. The number of rotatable bonds is 7. The molecule has 114 valence electrons. The third kappa shape index (κ3) is 4.20. The third-order valence-corrected chi connectivity index (χ3v) is 4.58. The molecule has 0 aromatic heterocycles. The zero-order chi connectivity index (χ0) is 14.5. The molecule has 3 unspecified atom stereocenters. The van der Waals surface area contributed by atoms with Crippen LogP contribution < -0.4 is 10.6 Å². The Bertz CT molecular complexity index is 347. The summed E-state index contributed by atoms with van der Waals surface area (Å²) in [7, 11) is 0. The average Bonchev–Trinajstić information content (AvgIpc) is 2.73. The van der Waals surface area contributed by atoms with E-state index in [1.165, 1.54) is 12.8 Å². The van der Waals surface area contributed by atoms with Crippen molar-refractivity contribution < 1.29 is 14.7 Å². The van der Waals surface area contributed by atoms with Crippen molar-refractivity contribution in [2.24, 2.45) is 11.8 Å². The van der Waals surface area contributed by atoms with Crippen molar-refractivity contribution in [1.82, 2.24) is 10.6 Å². The van der Waals surface area contributed by atoms with E-state index in [-0.39, 0.29) is 12.5 Å². The molecule has 5 nitrogen and oxygen atoms in total. The number of fused-ring (bicyclic) bond motifs is 2. The summed E-state index contributed by atoms with van der Waals surface area (Å²) in [5.74, 6) is -0.790. The summed E-state index contributed by atoms with van der Waals surface area (Å²) in [6.07, 6.45) is 6.63. The van der Waals surface area contributed by atoms with Crippen LogP contribution in [0.25, 0.3) is 0 Å². The molecule has 2 heterocycles. The van der Waals surface area contributed by atoms with Crippen molar-refractivity contribution >= 4 is 11.9 Å². The topological polar surface area (TPSA) is 78.4 Å². The SMILES string of the molecule is CCCC(CNC(=O)CC1CC2CCC(C1)N2)C(=O)O. The number of aliphatic carboxylic acids is 1. The lowest BCUT2D eigenvalue weighted by molar-refractivity contribution is -0.141. The van der Waals surface area contributed by atoms with Gasteiger partial charge in [-0.05, 0) is 38.0 Å². The normalized spacial score (nSPS) is 29.9. The lowest BCUT2D eigenvalue weighted by Gasteiger charge is -2.28. The van der Waals surface area contributed by atoms with Gasteiger partial charge in [-0.1, -0.05) is 13.3 Å². The quantitative estimate of drug-likeness (QED) is 0.661. The Labute approximate surface area is 120 Å². The highest BCUT2D eigenvalue weighted by atomic mass is 16.4. The number of piperidine rings is 1. The molecular formula is C15H26N2O3. The first-order valence-corrected chi connectivity index (χ1v) is 7.84. The lowest BCUT2D eigenvalue weighted by atomic mass is 9.89.